The zero-order valence-corrected chi connectivity index (χ0v) is 10.5. The summed E-state index contributed by atoms with van der Waals surface area (Å²) in [6.45, 7) is 0. The van der Waals surface area contributed by atoms with Crippen LogP contribution in [0.25, 0.3) is 0 Å². The Labute approximate surface area is 110 Å². The number of benzene rings is 2. The molecule has 4 heteroatoms. The smallest absolute Gasteiger partial charge is 0.167 e. The Morgan fingerprint density at radius 2 is 2.05 bits per heavy atom. The number of Topliss-reactive ketones (excluding diaryl/α,β-unsaturated/α-hetero) is 1. The zero-order chi connectivity index (χ0) is 13.8. The molecule has 0 saturated heterocycles. The van der Waals surface area contributed by atoms with E-state index in [-0.39, 0.29) is 18.0 Å². The molecule has 0 aliphatic carbocycles. The molecule has 0 bridgehead atoms. The van der Waals surface area contributed by atoms with Gasteiger partial charge in [0.25, 0.3) is 0 Å². The van der Waals surface area contributed by atoms with Crippen LogP contribution in [-0.2, 0) is 6.42 Å². The first-order valence-corrected chi connectivity index (χ1v) is 5.81. The largest absolute Gasteiger partial charge is 0.494 e. The van der Waals surface area contributed by atoms with Gasteiger partial charge in [0.1, 0.15) is 0 Å². The second-order valence-corrected chi connectivity index (χ2v) is 4.19. The summed E-state index contributed by atoms with van der Waals surface area (Å²) in [5.74, 6) is -0.405. The molecule has 0 fully saturated rings. The van der Waals surface area contributed by atoms with E-state index in [1.54, 1.807) is 30.3 Å². The minimum Gasteiger partial charge on any atom is -0.494 e. The van der Waals surface area contributed by atoms with Crippen molar-refractivity contribution in [3.8, 4) is 5.75 Å². The second-order valence-electron chi connectivity index (χ2n) is 4.19. The summed E-state index contributed by atoms with van der Waals surface area (Å²) < 4.78 is 18.3. The fourth-order valence-electron chi connectivity index (χ4n) is 1.82. The number of nitrogen functional groups attached to an aromatic ring is 1. The predicted octanol–water partition coefficient (Wildman–Crippen LogP) is 2.84. The summed E-state index contributed by atoms with van der Waals surface area (Å²) in [6.07, 6.45) is 0.129. The third kappa shape index (κ3) is 3.10. The normalized spacial score (nSPS) is 10.2. The molecule has 0 spiro atoms. The van der Waals surface area contributed by atoms with Gasteiger partial charge >= 0.3 is 0 Å². The van der Waals surface area contributed by atoms with Crippen LogP contribution in [0, 0.1) is 5.82 Å². The van der Waals surface area contributed by atoms with Crippen molar-refractivity contribution < 1.29 is 13.9 Å². The molecular formula is C15H14FNO2. The van der Waals surface area contributed by atoms with Crippen LogP contribution in [0.5, 0.6) is 5.75 Å². The van der Waals surface area contributed by atoms with Crippen molar-refractivity contribution >= 4 is 11.5 Å². The minimum absolute atomic E-state index is 0.100. The van der Waals surface area contributed by atoms with Gasteiger partial charge in [0, 0.05) is 17.7 Å². The predicted molar refractivity (Wildman–Crippen MR) is 71.8 cm³/mol. The standard InChI is InChI=1S/C15H14FNO2/c1-19-15-6-5-10(7-13(15)16)8-14(18)11-3-2-4-12(17)9-11/h2-7,9H,8,17H2,1H3. The molecule has 0 unspecified atom stereocenters. The van der Waals surface area contributed by atoms with E-state index >= 15 is 0 Å². The number of ketones is 1. The average molecular weight is 259 g/mol. The molecule has 0 atom stereocenters. The highest BCUT2D eigenvalue weighted by molar-refractivity contribution is 5.98. The number of hydrogen-bond donors (Lipinski definition) is 1. The lowest BCUT2D eigenvalue weighted by atomic mass is 10.0. The van der Waals surface area contributed by atoms with Crippen molar-refractivity contribution in [1.82, 2.24) is 0 Å². The van der Waals surface area contributed by atoms with Crippen LogP contribution >= 0.6 is 0 Å². The number of halogens is 1. The van der Waals surface area contributed by atoms with Gasteiger partial charge in [-0.25, -0.2) is 4.39 Å². The number of hydrogen-bond acceptors (Lipinski definition) is 3. The van der Waals surface area contributed by atoms with E-state index in [2.05, 4.69) is 0 Å². The van der Waals surface area contributed by atoms with E-state index in [1.165, 1.54) is 19.2 Å². The van der Waals surface area contributed by atoms with Crippen LogP contribution in [0.2, 0.25) is 0 Å². The quantitative estimate of drug-likeness (QED) is 0.678. The molecular weight excluding hydrogens is 245 g/mol. The number of anilines is 1. The van der Waals surface area contributed by atoms with Crippen LogP contribution in [-0.4, -0.2) is 12.9 Å². The first-order valence-electron chi connectivity index (χ1n) is 5.81. The van der Waals surface area contributed by atoms with Crippen LogP contribution < -0.4 is 10.5 Å². The Kier molecular flexibility index (Phi) is 3.80. The maximum Gasteiger partial charge on any atom is 0.167 e. The first kappa shape index (κ1) is 13.1. The average Bonchev–Trinajstić information content (AvgIpc) is 2.39. The molecule has 2 aromatic carbocycles. The number of carbonyl (C=O) groups excluding carboxylic acids is 1. The van der Waals surface area contributed by atoms with Crippen LogP contribution in [0.15, 0.2) is 42.5 Å². The summed E-state index contributed by atoms with van der Waals surface area (Å²) >= 11 is 0. The van der Waals surface area contributed by atoms with Gasteiger partial charge in [0.05, 0.1) is 7.11 Å². The molecule has 98 valence electrons. The second kappa shape index (κ2) is 5.52. The highest BCUT2D eigenvalue weighted by atomic mass is 19.1. The van der Waals surface area contributed by atoms with Crippen molar-refractivity contribution in [2.45, 2.75) is 6.42 Å². The summed E-state index contributed by atoms with van der Waals surface area (Å²) in [7, 11) is 1.40. The number of ether oxygens (including phenoxy) is 1. The maximum absolute atomic E-state index is 13.5. The van der Waals surface area contributed by atoms with Crippen molar-refractivity contribution in [2.75, 3.05) is 12.8 Å². The third-order valence-electron chi connectivity index (χ3n) is 2.79. The molecule has 2 rings (SSSR count). The lowest BCUT2D eigenvalue weighted by Crippen LogP contribution is -2.04. The number of carbonyl (C=O) groups is 1. The first-order chi connectivity index (χ1) is 9.10. The monoisotopic (exact) mass is 259 g/mol. The van der Waals surface area contributed by atoms with Gasteiger partial charge in [-0.05, 0) is 29.8 Å². The molecule has 0 aliphatic rings. The zero-order valence-electron chi connectivity index (χ0n) is 10.5. The van der Waals surface area contributed by atoms with Gasteiger partial charge < -0.3 is 10.5 Å². The van der Waals surface area contributed by atoms with Crippen LogP contribution in [0.1, 0.15) is 15.9 Å². The van der Waals surface area contributed by atoms with Crippen molar-refractivity contribution in [3.05, 3.63) is 59.4 Å². The number of nitrogens with two attached hydrogens (primary N) is 1. The summed E-state index contributed by atoms with van der Waals surface area (Å²) in [6, 6.07) is 11.2. The Balaban J connectivity index is 2.17. The van der Waals surface area contributed by atoms with Gasteiger partial charge in [0.15, 0.2) is 17.3 Å². The van der Waals surface area contributed by atoms with Crippen molar-refractivity contribution in [2.24, 2.45) is 0 Å². The Bertz CT molecular complexity index is 611. The summed E-state index contributed by atoms with van der Waals surface area (Å²) in [5.41, 5.74) is 7.28. The molecule has 0 radical (unpaired) electrons. The summed E-state index contributed by atoms with van der Waals surface area (Å²) in [4.78, 5) is 12.0. The Morgan fingerprint density at radius 1 is 1.26 bits per heavy atom. The van der Waals surface area contributed by atoms with Crippen molar-refractivity contribution in [1.29, 1.82) is 0 Å². The number of methoxy groups -OCH3 is 1. The maximum atomic E-state index is 13.5. The van der Waals surface area contributed by atoms with Gasteiger partial charge in [-0.3, -0.25) is 4.79 Å². The van der Waals surface area contributed by atoms with E-state index in [4.69, 9.17) is 10.5 Å². The van der Waals surface area contributed by atoms with E-state index in [0.29, 0.717) is 16.8 Å². The fraction of sp³-hybridized carbons (Fsp3) is 0.133. The highest BCUT2D eigenvalue weighted by Gasteiger charge is 2.10. The van der Waals surface area contributed by atoms with Gasteiger partial charge in [0.2, 0.25) is 0 Å². The van der Waals surface area contributed by atoms with E-state index in [1.807, 2.05) is 0 Å². The molecule has 0 aromatic heterocycles. The van der Waals surface area contributed by atoms with Gasteiger partial charge in [-0.2, -0.15) is 0 Å². The number of rotatable bonds is 4. The Morgan fingerprint density at radius 3 is 2.68 bits per heavy atom. The molecule has 19 heavy (non-hydrogen) atoms. The molecule has 0 aliphatic heterocycles. The van der Waals surface area contributed by atoms with E-state index < -0.39 is 5.82 Å². The van der Waals surface area contributed by atoms with E-state index in [0.717, 1.165) is 0 Å². The molecule has 2 N–H and O–H groups in total. The lowest BCUT2D eigenvalue weighted by Gasteiger charge is -2.05. The van der Waals surface area contributed by atoms with Gasteiger partial charge in [-0.1, -0.05) is 18.2 Å². The minimum atomic E-state index is -0.472. The highest BCUT2D eigenvalue weighted by Crippen LogP contribution is 2.19. The van der Waals surface area contributed by atoms with Gasteiger partial charge in [-0.15, -0.1) is 0 Å². The SMILES string of the molecule is COc1ccc(CC(=O)c2cccc(N)c2)cc1F. The molecule has 3 nitrogen and oxygen atoms in total. The lowest BCUT2D eigenvalue weighted by molar-refractivity contribution is 0.0993. The molecule has 0 amide bonds. The fourth-order valence-corrected chi connectivity index (χ4v) is 1.82. The molecule has 2 aromatic rings. The summed E-state index contributed by atoms with van der Waals surface area (Å²) in [5, 5.41) is 0. The van der Waals surface area contributed by atoms with Crippen molar-refractivity contribution in [3.63, 3.8) is 0 Å². The van der Waals surface area contributed by atoms with Crippen LogP contribution in [0.4, 0.5) is 10.1 Å². The molecule has 0 saturated carbocycles. The Hall–Kier alpha value is -2.36. The molecule has 0 heterocycles. The third-order valence-corrected chi connectivity index (χ3v) is 2.79. The topological polar surface area (TPSA) is 52.3 Å². The van der Waals surface area contributed by atoms with E-state index in [9.17, 15) is 9.18 Å². The van der Waals surface area contributed by atoms with Crippen LogP contribution in [0.3, 0.4) is 0 Å².